The SMILES string of the molecule is Cc1noc(CN2CCC(Oc3cccc4c3ccn4C3CCCC3)CC2)n1. The first-order chi connectivity index (χ1) is 13.8. The Kier molecular flexibility index (Phi) is 4.81. The summed E-state index contributed by atoms with van der Waals surface area (Å²) in [7, 11) is 0. The minimum Gasteiger partial charge on any atom is -0.490 e. The van der Waals surface area contributed by atoms with E-state index in [9.17, 15) is 0 Å². The Morgan fingerprint density at radius 1 is 1.11 bits per heavy atom. The fourth-order valence-corrected chi connectivity index (χ4v) is 4.72. The molecule has 3 heterocycles. The lowest BCUT2D eigenvalue weighted by Crippen LogP contribution is -2.37. The van der Waals surface area contributed by atoms with Gasteiger partial charge in [0.2, 0.25) is 5.89 Å². The zero-order valence-corrected chi connectivity index (χ0v) is 16.5. The highest BCUT2D eigenvalue weighted by Crippen LogP contribution is 2.36. The van der Waals surface area contributed by atoms with Crippen LogP contribution in [0.5, 0.6) is 5.75 Å². The van der Waals surface area contributed by atoms with Gasteiger partial charge in [-0.05, 0) is 50.8 Å². The van der Waals surface area contributed by atoms with Crippen molar-refractivity contribution in [2.24, 2.45) is 0 Å². The summed E-state index contributed by atoms with van der Waals surface area (Å²) in [6, 6.07) is 9.38. The number of nitrogens with zero attached hydrogens (tertiary/aromatic N) is 4. The van der Waals surface area contributed by atoms with Crippen molar-refractivity contribution in [1.29, 1.82) is 0 Å². The van der Waals surface area contributed by atoms with Gasteiger partial charge < -0.3 is 13.8 Å². The molecule has 6 nitrogen and oxygen atoms in total. The quantitative estimate of drug-likeness (QED) is 0.653. The van der Waals surface area contributed by atoms with Crippen LogP contribution in [0.4, 0.5) is 0 Å². The number of aromatic nitrogens is 3. The van der Waals surface area contributed by atoms with Crippen LogP contribution >= 0.6 is 0 Å². The summed E-state index contributed by atoms with van der Waals surface area (Å²) in [4.78, 5) is 6.67. The van der Waals surface area contributed by atoms with Crippen molar-refractivity contribution < 1.29 is 9.26 Å². The zero-order chi connectivity index (χ0) is 18.9. The van der Waals surface area contributed by atoms with E-state index >= 15 is 0 Å². The molecule has 1 aliphatic carbocycles. The number of likely N-dealkylation sites (tertiary alicyclic amines) is 1. The van der Waals surface area contributed by atoms with E-state index in [-0.39, 0.29) is 6.10 Å². The van der Waals surface area contributed by atoms with Crippen LogP contribution in [0, 0.1) is 6.92 Å². The molecule has 1 saturated heterocycles. The number of piperidine rings is 1. The predicted octanol–water partition coefficient (Wildman–Crippen LogP) is 4.49. The van der Waals surface area contributed by atoms with Crippen molar-refractivity contribution in [1.82, 2.24) is 19.6 Å². The summed E-state index contributed by atoms with van der Waals surface area (Å²) in [5.74, 6) is 2.43. The number of hydrogen-bond donors (Lipinski definition) is 0. The Balaban J connectivity index is 1.24. The third-order valence-corrected chi connectivity index (χ3v) is 6.20. The summed E-state index contributed by atoms with van der Waals surface area (Å²) >= 11 is 0. The van der Waals surface area contributed by atoms with Crippen LogP contribution in [0.15, 0.2) is 35.0 Å². The van der Waals surface area contributed by atoms with Crippen molar-refractivity contribution in [2.45, 2.75) is 64.1 Å². The standard InChI is InChI=1S/C22H28N4O2/c1-16-23-22(28-24-16)15-25-12-9-18(10-13-25)27-21-8-4-7-20-19(21)11-14-26(20)17-5-2-3-6-17/h4,7-8,11,14,17-18H,2-3,5-6,9-10,12-13,15H2,1H3. The summed E-state index contributed by atoms with van der Waals surface area (Å²) in [5.41, 5.74) is 1.31. The monoisotopic (exact) mass is 380 g/mol. The molecule has 3 aromatic rings. The van der Waals surface area contributed by atoms with Crippen LogP contribution < -0.4 is 4.74 Å². The molecular formula is C22H28N4O2. The fourth-order valence-electron chi connectivity index (χ4n) is 4.72. The second kappa shape index (κ2) is 7.59. The van der Waals surface area contributed by atoms with Gasteiger partial charge in [-0.2, -0.15) is 4.98 Å². The van der Waals surface area contributed by atoms with Crippen molar-refractivity contribution in [3.05, 3.63) is 42.2 Å². The number of ether oxygens (including phenoxy) is 1. The minimum absolute atomic E-state index is 0.265. The van der Waals surface area contributed by atoms with Gasteiger partial charge in [-0.15, -0.1) is 0 Å². The molecule has 1 aliphatic heterocycles. The summed E-state index contributed by atoms with van der Waals surface area (Å²) in [6.45, 7) is 4.57. The highest BCUT2D eigenvalue weighted by Gasteiger charge is 2.24. The molecule has 5 rings (SSSR count). The molecular weight excluding hydrogens is 352 g/mol. The Labute approximate surface area is 165 Å². The molecule has 0 amide bonds. The van der Waals surface area contributed by atoms with E-state index in [0.29, 0.717) is 17.8 Å². The summed E-state index contributed by atoms with van der Waals surface area (Å²) in [5, 5.41) is 5.12. The summed E-state index contributed by atoms with van der Waals surface area (Å²) < 4.78 is 14.2. The fraction of sp³-hybridized carbons (Fsp3) is 0.545. The highest BCUT2D eigenvalue weighted by molar-refractivity contribution is 5.86. The highest BCUT2D eigenvalue weighted by atomic mass is 16.5. The number of hydrogen-bond acceptors (Lipinski definition) is 5. The largest absolute Gasteiger partial charge is 0.490 e. The molecule has 2 fully saturated rings. The molecule has 0 unspecified atom stereocenters. The molecule has 6 heteroatoms. The molecule has 0 N–H and O–H groups in total. The molecule has 1 aromatic carbocycles. The van der Waals surface area contributed by atoms with Gasteiger partial charge in [-0.3, -0.25) is 4.90 Å². The lowest BCUT2D eigenvalue weighted by Gasteiger charge is -2.31. The van der Waals surface area contributed by atoms with Gasteiger partial charge in [0.25, 0.3) is 0 Å². The zero-order valence-electron chi connectivity index (χ0n) is 16.5. The van der Waals surface area contributed by atoms with Crippen LogP contribution in [0.1, 0.15) is 56.3 Å². The Hall–Kier alpha value is -2.34. The first-order valence-corrected chi connectivity index (χ1v) is 10.5. The molecule has 1 saturated carbocycles. The van der Waals surface area contributed by atoms with Crippen LogP contribution in [0.3, 0.4) is 0 Å². The average molecular weight is 380 g/mol. The second-order valence-electron chi connectivity index (χ2n) is 8.18. The van der Waals surface area contributed by atoms with Gasteiger partial charge in [-0.1, -0.05) is 24.1 Å². The van der Waals surface area contributed by atoms with Gasteiger partial charge in [0.05, 0.1) is 12.1 Å². The summed E-state index contributed by atoms with van der Waals surface area (Å²) in [6.07, 6.45) is 9.85. The first kappa shape index (κ1) is 17.7. The van der Waals surface area contributed by atoms with Gasteiger partial charge in [0, 0.05) is 30.7 Å². The van der Waals surface area contributed by atoms with E-state index in [1.807, 2.05) is 6.92 Å². The van der Waals surface area contributed by atoms with Crippen molar-refractivity contribution in [2.75, 3.05) is 13.1 Å². The Morgan fingerprint density at radius 3 is 2.68 bits per heavy atom. The average Bonchev–Trinajstić information content (AvgIpc) is 3.44. The smallest absolute Gasteiger partial charge is 0.240 e. The van der Waals surface area contributed by atoms with Crippen LogP contribution in [-0.4, -0.2) is 38.8 Å². The van der Waals surface area contributed by atoms with Gasteiger partial charge in [0.1, 0.15) is 11.9 Å². The number of rotatable bonds is 5. The van der Waals surface area contributed by atoms with Gasteiger partial charge >= 0.3 is 0 Å². The van der Waals surface area contributed by atoms with Crippen LogP contribution in [0.2, 0.25) is 0 Å². The Morgan fingerprint density at radius 2 is 1.93 bits per heavy atom. The van der Waals surface area contributed by atoms with E-state index < -0.39 is 0 Å². The maximum Gasteiger partial charge on any atom is 0.240 e. The number of fused-ring (bicyclic) bond motifs is 1. The molecule has 2 aromatic heterocycles. The van der Waals surface area contributed by atoms with E-state index in [4.69, 9.17) is 9.26 Å². The molecule has 2 aliphatic rings. The van der Waals surface area contributed by atoms with Gasteiger partial charge in [-0.25, -0.2) is 0 Å². The lowest BCUT2D eigenvalue weighted by molar-refractivity contribution is 0.0915. The van der Waals surface area contributed by atoms with E-state index in [2.05, 4.69) is 50.1 Å². The van der Waals surface area contributed by atoms with Crippen molar-refractivity contribution in [3.63, 3.8) is 0 Å². The van der Waals surface area contributed by atoms with Crippen molar-refractivity contribution in [3.8, 4) is 5.75 Å². The molecule has 0 bridgehead atoms. The first-order valence-electron chi connectivity index (χ1n) is 10.5. The van der Waals surface area contributed by atoms with E-state index in [0.717, 1.165) is 38.2 Å². The molecule has 0 atom stereocenters. The third kappa shape index (κ3) is 3.53. The third-order valence-electron chi connectivity index (χ3n) is 6.20. The lowest BCUT2D eigenvalue weighted by atomic mass is 10.1. The molecule has 148 valence electrons. The number of aryl methyl sites for hydroxylation is 1. The maximum atomic E-state index is 6.46. The molecule has 28 heavy (non-hydrogen) atoms. The topological polar surface area (TPSA) is 56.3 Å². The Bertz CT molecular complexity index is 933. The maximum absolute atomic E-state index is 6.46. The second-order valence-corrected chi connectivity index (χ2v) is 8.18. The van der Waals surface area contributed by atoms with Crippen LogP contribution in [-0.2, 0) is 6.54 Å². The molecule has 0 radical (unpaired) electrons. The van der Waals surface area contributed by atoms with Gasteiger partial charge in [0.15, 0.2) is 5.82 Å². The van der Waals surface area contributed by atoms with E-state index in [1.54, 1.807) is 0 Å². The van der Waals surface area contributed by atoms with Crippen LogP contribution in [0.25, 0.3) is 10.9 Å². The molecule has 0 spiro atoms. The number of benzene rings is 1. The normalized spacial score (nSPS) is 19.6. The van der Waals surface area contributed by atoms with E-state index in [1.165, 1.54) is 36.6 Å². The predicted molar refractivity (Wildman–Crippen MR) is 107 cm³/mol. The minimum atomic E-state index is 0.265. The van der Waals surface area contributed by atoms with Crippen molar-refractivity contribution >= 4 is 10.9 Å².